The molecule has 3 aromatic rings. The minimum Gasteiger partial charge on any atom is -0.493 e. The van der Waals surface area contributed by atoms with Crippen LogP contribution in [0.3, 0.4) is 0 Å². The van der Waals surface area contributed by atoms with Crippen LogP contribution in [-0.2, 0) is 16.1 Å². The molecule has 2 unspecified atom stereocenters. The molecule has 1 saturated heterocycles. The number of rotatable bonds is 6. The second kappa shape index (κ2) is 9.34. The van der Waals surface area contributed by atoms with Crippen molar-refractivity contribution in [2.75, 3.05) is 19.0 Å². The Morgan fingerprint density at radius 3 is 2.84 bits per heavy atom. The summed E-state index contributed by atoms with van der Waals surface area (Å²) in [6.45, 7) is 1.74. The number of benzene rings is 2. The zero-order valence-corrected chi connectivity index (χ0v) is 18.5. The Kier molecular flexibility index (Phi) is 6.14. The lowest BCUT2D eigenvalue weighted by Crippen LogP contribution is -2.33. The van der Waals surface area contributed by atoms with E-state index in [0.717, 1.165) is 37.2 Å². The Morgan fingerprint density at radius 1 is 1.12 bits per heavy atom. The maximum Gasteiger partial charge on any atom is 0.262 e. The van der Waals surface area contributed by atoms with Gasteiger partial charge in [0.1, 0.15) is 5.75 Å². The Morgan fingerprint density at radius 2 is 1.97 bits per heavy atom. The molecular weight excluding hydrogens is 426 g/mol. The number of hydrogen-bond acceptors (Lipinski definition) is 6. The van der Waals surface area contributed by atoms with Crippen molar-refractivity contribution in [2.24, 2.45) is 0 Å². The van der Waals surface area contributed by atoms with E-state index in [1.807, 2.05) is 42.5 Å². The van der Waals surface area contributed by atoms with E-state index in [9.17, 15) is 9.59 Å². The average molecular weight is 452 g/mol. The van der Waals surface area contributed by atoms with Crippen LogP contribution in [0.15, 0.2) is 58.5 Å². The van der Waals surface area contributed by atoms with Gasteiger partial charge in [-0.1, -0.05) is 42.1 Å². The van der Waals surface area contributed by atoms with Gasteiger partial charge < -0.3 is 14.8 Å². The topological polar surface area (TPSA) is 82.5 Å². The maximum atomic E-state index is 13.2. The van der Waals surface area contributed by atoms with Gasteiger partial charge in [-0.25, -0.2) is 4.98 Å². The van der Waals surface area contributed by atoms with E-state index in [2.05, 4.69) is 5.32 Å². The molecule has 1 amide bonds. The van der Waals surface area contributed by atoms with Crippen LogP contribution in [0.2, 0.25) is 0 Å². The lowest BCUT2D eigenvalue weighted by Gasteiger charge is -2.26. The molecule has 1 N–H and O–H groups in total. The fraction of sp³-hybridized carbons (Fsp3) is 0.375. The summed E-state index contributed by atoms with van der Waals surface area (Å²) in [6, 6.07) is 15.0. The molecule has 0 aliphatic carbocycles. The summed E-state index contributed by atoms with van der Waals surface area (Å²) in [6.07, 6.45) is 2.65. The molecule has 166 valence electrons. The van der Waals surface area contributed by atoms with Crippen LogP contribution in [-0.4, -0.2) is 40.5 Å². The van der Waals surface area contributed by atoms with Gasteiger partial charge in [0, 0.05) is 18.6 Å². The molecule has 0 saturated carbocycles. The first-order valence-corrected chi connectivity index (χ1v) is 11.9. The number of carbonyl (C=O) groups is 1. The van der Waals surface area contributed by atoms with E-state index < -0.39 is 0 Å². The summed E-state index contributed by atoms with van der Waals surface area (Å²) in [5, 5.41) is 4.24. The minimum absolute atomic E-state index is 0.00239. The van der Waals surface area contributed by atoms with Crippen LogP contribution in [0, 0.1) is 0 Å². The minimum atomic E-state index is -0.0947. The van der Waals surface area contributed by atoms with E-state index >= 15 is 0 Å². The number of ether oxygens (including phenoxy) is 2. The van der Waals surface area contributed by atoms with Gasteiger partial charge >= 0.3 is 0 Å². The van der Waals surface area contributed by atoms with Crippen LogP contribution >= 0.6 is 11.8 Å². The number of amides is 1. The van der Waals surface area contributed by atoms with Gasteiger partial charge in [-0.05, 0) is 31.0 Å². The highest BCUT2D eigenvalue weighted by Crippen LogP contribution is 2.31. The molecule has 0 bridgehead atoms. The van der Waals surface area contributed by atoms with E-state index in [0.29, 0.717) is 29.2 Å². The second-order valence-corrected chi connectivity index (χ2v) is 8.99. The number of fused-ring (bicyclic) bond motifs is 2. The molecule has 3 heterocycles. The SMILES string of the molecule is O=C(CSc1nc2ccccc2c(=O)n1CC1CCCO1)NC1CCOc2ccccc21. The molecule has 5 rings (SSSR count). The van der Waals surface area contributed by atoms with E-state index in [4.69, 9.17) is 14.5 Å². The Labute approximate surface area is 190 Å². The Hall–Kier alpha value is -2.84. The number of thioether (sulfide) groups is 1. The predicted molar refractivity (Wildman–Crippen MR) is 123 cm³/mol. The summed E-state index contributed by atoms with van der Waals surface area (Å²) in [7, 11) is 0. The molecule has 32 heavy (non-hydrogen) atoms. The monoisotopic (exact) mass is 451 g/mol. The quantitative estimate of drug-likeness (QED) is 0.457. The number of hydrogen-bond donors (Lipinski definition) is 1. The van der Waals surface area contributed by atoms with Crippen molar-refractivity contribution >= 4 is 28.6 Å². The third-order valence-corrected chi connectivity index (χ3v) is 6.84. The maximum absolute atomic E-state index is 13.2. The summed E-state index contributed by atoms with van der Waals surface area (Å²) in [4.78, 5) is 30.7. The molecule has 2 aliphatic rings. The molecule has 2 aliphatic heterocycles. The number of para-hydroxylation sites is 2. The highest BCUT2D eigenvalue weighted by Gasteiger charge is 2.24. The van der Waals surface area contributed by atoms with Gasteiger partial charge in [0.25, 0.3) is 5.56 Å². The van der Waals surface area contributed by atoms with Gasteiger partial charge in [0.2, 0.25) is 5.91 Å². The van der Waals surface area contributed by atoms with Crippen LogP contribution in [0.5, 0.6) is 5.75 Å². The van der Waals surface area contributed by atoms with Gasteiger partial charge in [0.05, 0.1) is 42.0 Å². The number of carbonyl (C=O) groups excluding carboxylic acids is 1. The van der Waals surface area contributed by atoms with Gasteiger partial charge in [-0.3, -0.25) is 14.2 Å². The summed E-state index contributed by atoms with van der Waals surface area (Å²) in [5.74, 6) is 0.900. The highest BCUT2D eigenvalue weighted by atomic mass is 32.2. The first kappa shape index (κ1) is 21.0. The summed E-state index contributed by atoms with van der Waals surface area (Å²) >= 11 is 1.29. The lowest BCUT2D eigenvalue weighted by atomic mass is 10.0. The molecule has 0 radical (unpaired) electrons. The van der Waals surface area contributed by atoms with Crippen molar-refractivity contribution in [2.45, 2.75) is 43.1 Å². The molecule has 7 nitrogen and oxygen atoms in total. The normalized spacial score (nSPS) is 20.0. The molecule has 1 fully saturated rings. The molecule has 2 aromatic carbocycles. The third kappa shape index (κ3) is 4.38. The fourth-order valence-electron chi connectivity index (χ4n) is 4.27. The first-order valence-electron chi connectivity index (χ1n) is 10.9. The Bertz CT molecular complexity index is 1190. The third-order valence-electron chi connectivity index (χ3n) is 5.86. The zero-order chi connectivity index (χ0) is 21.9. The molecule has 1 aromatic heterocycles. The number of nitrogens with zero attached hydrogens (tertiary/aromatic N) is 2. The van der Waals surface area contributed by atoms with Crippen LogP contribution in [0.4, 0.5) is 0 Å². The Balaban J connectivity index is 1.34. The van der Waals surface area contributed by atoms with Crippen LogP contribution < -0.4 is 15.6 Å². The van der Waals surface area contributed by atoms with Crippen molar-refractivity contribution in [1.82, 2.24) is 14.9 Å². The van der Waals surface area contributed by atoms with Crippen molar-refractivity contribution in [3.8, 4) is 5.75 Å². The summed E-state index contributed by atoms with van der Waals surface area (Å²) < 4.78 is 13.1. The van der Waals surface area contributed by atoms with Gasteiger partial charge in [0.15, 0.2) is 5.16 Å². The van der Waals surface area contributed by atoms with E-state index in [1.54, 1.807) is 10.6 Å². The zero-order valence-electron chi connectivity index (χ0n) is 17.7. The fourth-order valence-corrected chi connectivity index (χ4v) is 5.09. The van der Waals surface area contributed by atoms with Crippen molar-refractivity contribution in [3.63, 3.8) is 0 Å². The van der Waals surface area contributed by atoms with Crippen molar-refractivity contribution in [1.29, 1.82) is 0 Å². The van der Waals surface area contributed by atoms with E-state index in [-0.39, 0.29) is 29.4 Å². The first-order chi connectivity index (χ1) is 15.7. The molecular formula is C24H25N3O4S. The van der Waals surface area contributed by atoms with Crippen LogP contribution in [0.1, 0.15) is 30.9 Å². The second-order valence-electron chi connectivity index (χ2n) is 8.05. The van der Waals surface area contributed by atoms with Crippen molar-refractivity contribution in [3.05, 3.63) is 64.4 Å². The smallest absolute Gasteiger partial charge is 0.262 e. The lowest BCUT2D eigenvalue weighted by molar-refractivity contribution is -0.119. The van der Waals surface area contributed by atoms with Crippen LogP contribution in [0.25, 0.3) is 10.9 Å². The number of aromatic nitrogens is 2. The molecule has 2 atom stereocenters. The molecule has 0 spiro atoms. The standard InChI is InChI=1S/C24H25N3O4S/c28-22(25-20-11-13-31-21-10-4-2-7-17(20)21)15-32-24-26-19-9-3-1-8-18(19)23(29)27(24)14-16-6-5-12-30-16/h1-4,7-10,16,20H,5-6,11-15H2,(H,25,28). The van der Waals surface area contributed by atoms with E-state index in [1.165, 1.54) is 11.8 Å². The largest absolute Gasteiger partial charge is 0.493 e. The van der Waals surface area contributed by atoms with Crippen molar-refractivity contribution < 1.29 is 14.3 Å². The summed E-state index contributed by atoms with van der Waals surface area (Å²) in [5.41, 5.74) is 1.55. The highest BCUT2D eigenvalue weighted by molar-refractivity contribution is 7.99. The van der Waals surface area contributed by atoms with Gasteiger partial charge in [-0.15, -0.1) is 0 Å². The van der Waals surface area contributed by atoms with Gasteiger partial charge in [-0.2, -0.15) is 0 Å². The average Bonchev–Trinajstić information content (AvgIpc) is 3.33. The predicted octanol–water partition coefficient (Wildman–Crippen LogP) is 3.31. The number of nitrogens with one attached hydrogen (secondary N) is 1. The molecule has 8 heteroatoms.